The van der Waals surface area contributed by atoms with Gasteiger partial charge in [-0.05, 0) is 62.2 Å². The van der Waals surface area contributed by atoms with Crippen molar-refractivity contribution in [1.82, 2.24) is 14.3 Å². The van der Waals surface area contributed by atoms with Crippen LogP contribution in [0, 0.1) is 6.92 Å². The minimum atomic E-state index is -1.42. The minimum Gasteiger partial charge on any atom is -0.495 e. The number of aryl methyl sites for hydroxylation is 1. The Hall–Kier alpha value is -2.77. The molecule has 3 heterocycles. The fourth-order valence-electron chi connectivity index (χ4n) is 3.30. The lowest BCUT2D eigenvalue weighted by atomic mass is 10.0. The first kappa shape index (κ1) is 21.0. The van der Waals surface area contributed by atoms with Gasteiger partial charge in [0, 0.05) is 24.5 Å². The summed E-state index contributed by atoms with van der Waals surface area (Å²) in [5.41, 5.74) is 5.11. The molecule has 152 valence electrons. The first-order chi connectivity index (χ1) is 14.1. The molecule has 3 aromatic rings. The molecular weight excluding hydrogens is 386 g/mol. The second-order valence-corrected chi connectivity index (χ2v) is 7.89. The average Bonchev–Trinajstić information content (AvgIpc) is 3.14. The van der Waals surface area contributed by atoms with Gasteiger partial charge in [0.1, 0.15) is 16.9 Å². The first-order valence-electron chi connectivity index (χ1n) is 9.43. The van der Waals surface area contributed by atoms with E-state index in [0.29, 0.717) is 10.6 Å². The molecule has 1 aliphatic rings. The molecule has 0 aliphatic carbocycles. The number of hydrogen-bond donors (Lipinski definition) is 1. The Bertz CT molecular complexity index is 1070. The van der Waals surface area contributed by atoms with E-state index >= 15 is 0 Å². The number of benzene rings is 1. The summed E-state index contributed by atoms with van der Waals surface area (Å²) in [6.07, 6.45) is 7.63. The van der Waals surface area contributed by atoms with E-state index in [4.69, 9.17) is 9.53 Å². The largest absolute Gasteiger partial charge is 0.495 e. The molecule has 1 N–H and O–H groups in total. The van der Waals surface area contributed by atoms with E-state index in [9.17, 15) is 4.21 Å². The zero-order valence-electron chi connectivity index (χ0n) is 16.8. The van der Waals surface area contributed by atoms with Crippen molar-refractivity contribution in [3.8, 4) is 5.75 Å². The number of carbonyl (C=O) groups excluding carboxylic acids is 1. The zero-order valence-corrected chi connectivity index (χ0v) is 17.7. The van der Waals surface area contributed by atoms with Crippen molar-refractivity contribution < 1.29 is 13.7 Å². The molecule has 7 heteroatoms. The van der Waals surface area contributed by atoms with Gasteiger partial charge in [-0.15, -0.1) is 0 Å². The number of nitrogens with zero attached hydrogens (tertiary/aromatic N) is 2. The summed E-state index contributed by atoms with van der Waals surface area (Å²) in [6.45, 7) is 5.23. The van der Waals surface area contributed by atoms with Gasteiger partial charge in [0.05, 0.1) is 18.1 Å². The highest BCUT2D eigenvalue weighted by molar-refractivity contribution is 7.83. The highest BCUT2D eigenvalue weighted by atomic mass is 32.2. The molecule has 1 unspecified atom stereocenters. The number of ether oxygens (including phenoxy) is 1. The van der Waals surface area contributed by atoms with Crippen molar-refractivity contribution >= 4 is 33.9 Å². The number of aromatic nitrogens is 2. The molecule has 29 heavy (non-hydrogen) atoms. The van der Waals surface area contributed by atoms with Gasteiger partial charge in [0.25, 0.3) is 0 Å². The highest BCUT2D eigenvalue weighted by Crippen LogP contribution is 2.32. The van der Waals surface area contributed by atoms with Crippen LogP contribution < -0.4 is 10.1 Å². The van der Waals surface area contributed by atoms with E-state index in [2.05, 4.69) is 16.4 Å². The molecule has 0 bridgehead atoms. The summed E-state index contributed by atoms with van der Waals surface area (Å²) in [5, 5.41) is 3.33. The summed E-state index contributed by atoms with van der Waals surface area (Å²) in [7, 11) is 0.185. The van der Waals surface area contributed by atoms with Crippen LogP contribution in [0.2, 0.25) is 0 Å². The van der Waals surface area contributed by atoms with Crippen LogP contribution in [0.3, 0.4) is 0 Å². The van der Waals surface area contributed by atoms with Crippen molar-refractivity contribution in [3.63, 3.8) is 0 Å². The Morgan fingerprint density at radius 2 is 2.10 bits per heavy atom. The summed E-state index contributed by atoms with van der Waals surface area (Å²) in [6, 6.07) is 9.58. The van der Waals surface area contributed by atoms with Gasteiger partial charge in [0.2, 0.25) is 0 Å². The van der Waals surface area contributed by atoms with E-state index in [1.165, 1.54) is 12.5 Å². The third-order valence-corrected chi connectivity index (χ3v) is 5.98. The summed E-state index contributed by atoms with van der Waals surface area (Å²) >= 11 is 0. The lowest BCUT2D eigenvalue weighted by Crippen LogP contribution is -2.20. The van der Waals surface area contributed by atoms with Crippen molar-refractivity contribution in [2.45, 2.75) is 25.2 Å². The predicted molar refractivity (Wildman–Crippen MR) is 116 cm³/mol. The molecule has 0 saturated carbocycles. The Kier molecular flexibility index (Phi) is 6.95. The molecule has 0 amide bonds. The van der Waals surface area contributed by atoms with Crippen molar-refractivity contribution in [2.75, 3.05) is 20.2 Å². The lowest BCUT2D eigenvalue weighted by Gasteiger charge is -2.13. The van der Waals surface area contributed by atoms with Crippen LogP contribution in [-0.2, 0) is 15.8 Å². The van der Waals surface area contributed by atoms with E-state index in [1.807, 2.05) is 43.5 Å². The van der Waals surface area contributed by atoms with Crippen molar-refractivity contribution in [2.24, 2.45) is 0 Å². The summed E-state index contributed by atoms with van der Waals surface area (Å²) < 4.78 is 20.7. The third-order valence-electron chi connectivity index (χ3n) is 4.62. The Balaban J connectivity index is 0.000000755. The van der Waals surface area contributed by atoms with Gasteiger partial charge in [0.15, 0.2) is 11.0 Å². The maximum Gasteiger partial charge on any atom is 0.160 e. The van der Waals surface area contributed by atoms with Crippen molar-refractivity contribution in [1.29, 1.82) is 0 Å². The van der Waals surface area contributed by atoms with Gasteiger partial charge >= 0.3 is 0 Å². The van der Waals surface area contributed by atoms with E-state index in [1.54, 1.807) is 17.3 Å². The molecular formula is C22H25N3O3S. The van der Waals surface area contributed by atoms with Crippen LogP contribution in [0.15, 0.2) is 53.7 Å². The zero-order chi connectivity index (χ0) is 20.8. The molecule has 0 spiro atoms. The molecule has 1 atom stereocenters. The second kappa shape index (κ2) is 9.62. The molecule has 0 saturated heterocycles. The van der Waals surface area contributed by atoms with Crippen LogP contribution in [0.5, 0.6) is 5.75 Å². The Morgan fingerprint density at radius 1 is 1.31 bits per heavy atom. The number of fused-ring (bicyclic) bond motifs is 1. The molecule has 0 fully saturated rings. The number of aldehydes is 1. The van der Waals surface area contributed by atoms with E-state index < -0.39 is 11.0 Å². The SMILES string of the molecule is CC=O.COc1ccc(C)cc1S(=O)n1cc(C2=CCNCC2)c2ncccc21. The van der Waals surface area contributed by atoms with Gasteiger partial charge in [-0.25, -0.2) is 4.21 Å². The highest BCUT2D eigenvalue weighted by Gasteiger charge is 2.20. The van der Waals surface area contributed by atoms with Gasteiger partial charge in [-0.2, -0.15) is 0 Å². The van der Waals surface area contributed by atoms with Crippen LogP contribution in [0.4, 0.5) is 0 Å². The van der Waals surface area contributed by atoms with Crippen molar-refractivity contribution in [3.05, 3.63) is 59.9 Å². The maximum absolute atomic E-state index is 13.4. The van der Waals surface area contributed by atoms with Crippen LogP contribution in [0.25, 0.3) is 16.6 Å². The fourth-order valence-corrected chi connectivity index (χ4v) is 4.65. The summed E-state index contributed by atoms with van der Waals surface area (Å²) in [5.74, 6) is 0.627. The maximum atomic E-state index is 13.4. The standard InChI is InChI=1S/C20H21N3O2S.C2H4O/c1-14-5-6-18(25-2)19(12-14)26(24)23-13-16(15-7-10-21-11-8-15)20-17(23)4-3-9-22-20;1-2-3/h3-7,9,12-13,21H,8,10-11H2,1-2H3;2H,1H3. The van der Waals surface area contributed by atoms with E-state index in [-0.39, 0.29) is 0 Å². The number of methoxy groups -OCH3 is 1. The molecule has 1 aliphatic heterocycles. The second-order valence-electron chi connectivity index (χ2n) is 6.56. The van der Waals surface area contributed by atoms with Crippen LogP contribution >= 0.6 is 0 Å². The average molecular weight is 412 g/mol. The number of pyridine rings is 1. The number of nitrogens with one attached hydrogen (secondary N) is 1. The predicted octanol–water partition coefficient (Wildman–Crippen LogP) is 3.51. The van der Waals surface area contributed by atoms with E-state index in [0.717, 1.165) is 48.0 Å². The quantitative estimate of drug-likeness (QED) is 0.665. The van der Waals surface area contributed by atoms with Crippen LogP contribution in [-0.4, -0.2) is 39.7 Å². The first-order valence-corrected chi connectivity index (χ1v) is 10.5. The summed E-state index contributed by atoms with van der Waals surface area (Å²) in [4.78, 5) is 14.0. The Labute approximate surface area is 173 Å². The fraction of sp³-hybridized carbons (Fsp3) is 0.273. The number of hydrogen-bond acceptors (Lipinski definition) is 5. The third kappa shape index (κ3) is 4.46. The topological polar surface area (TPSA) is 73.2 Å². The normalized spacial score (nSPS) is 14.5. The number of rotatable bonds is 4. The molecule has 0 radical (unpaired) electrons. The lowest BCUT2D eigenvalue weighted by molar-refractivity contribution is -0.106. The number of carbonyl (C=O) groups is 1. The van der Waals surface area contributed by atoms with Gasteiger partial charge < -0.3 is 14.8 Å². The smallest absolute Gasteiger partial charge is 0.160 e. The molecule has 1 aromatic carbocycles. The van der Waals surface area contributed by atoms with Crippen LogP contribution in [0.1, 0.15) is 24.5 Å². The Morgan fingerprint density at radius 3 is 2.79 bits per heavy atom. The molecule has 6 nitrogen and oxygen atoms in total. The van der Waals surface area contributed by atoms with Gasteiger partial charge in [-0.1, -0.05) is 12.1 Å². The molecule has 4 rings (SSSR count). The monoisotopic (exact) mass is 411 g/mol. The molecule has 2 aromatic heterocycles. The minimum absolute atomic E-state index is 0.627. The van der Waals surface area contributed by atoms with Gasteiger partial charge in [-0.3, -0.25) is 8.96 Å².